The van der Waals surface area contributed by atoms with Crippen molar-refractivity contribution >= 4 is 11.8 Å². The van der Waals surface area contributed by atoms with E-state index in [1.54, 1.807) is 14.2 Å². The summed E-state index contributed by atoms with van der Waals surface area (Å²) < 4.78 is 10.8. The average Bonchev–Trinajstić information content (AvgIpc) is 2.68. The van der Waals surface area contributed by atoms with Crippen LogP contribution < -0.4 is 9.47 Å². The summed E-state index contributed by atoms with van der Waals surface area (Å²) in [5, 5.41) is 0. The minimum Gasteiger partial charge on any atom is -0.497 e. The van der Waals surface area contributed by atoms with E-state index in [2.05, 4.69) is 62.0 Å². The predicted molar refractivity (Wildman–Crippen MR) is 106 cm³/mol. The smallest absolute Gasteiger partial charge is 0.119 e. The largest absolute Gasteiger partial charge is 0.497 e. The third-order valence-electron chi connectivity index (χ3n) is 5.45. The topological polar surface area (TPSA) is 18.5 Å². The van der Waals surface area contributed by atoms with Crippen LogP contribution in [0.15, 0.2) is 60.0 Å². The van der Waals surface area contributed by atoms with Crippen molar-refractivity contribution in [2.45, 2.75) is 36.0 Å². The molecule has 25 heavy (non-hydrogen) atoms. The third-order valence-corrected chi connectivity index (χ3v) is 6.77. The zero-order valence-corrected chi connectivity index (χ0v) is 16.1. The molecular weight excluding hydrogens is 328 g/mol. The van der Waals surface area contributed by atoms with Gasteiger partial charge in [0, 0.05) is 16.1 Å². The van der Waals surface area contributed by atoms with Gasteiger partial charge in [-0.1, -0.05) is 31.2 Å². The lowest BCUT2D eigenvalue weighted by Crippen LogP contribution is -2.38. The molecule has 3 rings (SSSR count). The molecule has 2 aromatic carbocycles. The number of benzene rings is 2. The standard InChI is InChI=1S/C22H26O2S/c1-5-7-20-19-13-12-18(24-4)14-21(19)25-15-22(20,6-2)16-8-10-17(23-3)11-9-16/h5,8-14,20H,1,6-7,15H2,2-4H3/t20-,22-/m1/s1. The lowest BCUT2D eigenvalue weighted by Gasteiger charge is -2.45. The van der Waals surface area contributed by atoms with Crippen LogP contribution in [0, 0.1) is 0 Å². The van der Waals surface area contributed by atoms with E-state index < -0.39 is 0 Å². The van der Waals surface area contributed by atoms with Gasteiger partial charge >= 0.3 is 0 Å². The summed E-state index contributed by atoms with van der Waals surface area (Å²) in [5.74, 6) is 3.32. The second kappa shape index (κ2) is 7.57. The van der Waals surface area contributed by atoms with Gasteiger partial charge in [0.05, 0.1) is 14.2 Å². The summed E-state index contributed by atoms with van der Waals surface area (Å²) in [4.78, 5) is 1.34. The van der Waals surface area contributed by atoms with E-state index in [9.17, 15) is 0 Å². The van der Waals surface area contributed by atoms with E-state index in [4.69, 9.17) is 9.47 Å². The lowest BCUT2D eigenvalue weighted by atomic mass is 9.65. The molecule has 0 spiro atoms. The number of methoxy groups -OCH3 is 2. The third kappa shape index (κ3) is 3.18. The molecule has 0 amide bonds. The fourth-order valence-corrected chi connectivity index (χ4v) is 5.50. The van der Waals surface area contributed by atoms with Gasteiger partial charge in [-0.05, 0) is 54.2 Å². The Bertz CT molecular complexity index is 738. The number of rotatable bonds is 6. The molecule has 2 atom stereocenters. The highest BCUT2D eigenvalue weighted by atomic mass is 32.2. The summed E-state index contributed by atoms with van der Waals surface area (Å²) in [5.41, 5.74) is 2.90. The molecule has 0 saturated carbocycles. The summed E-state index contributed by atoms with van der Waals surface area (Å²) in [6, 6.07) is 15.1. The molecule has 0 aliphatic carbocycles. The van der Waals surface area contributed by atoms with Gasteiger partial charge < -0.3 is 9.47 Å². The molecule has 3 heteroatoms. The van der Waals surface area contributed by atoms with Crippen molar-refractivity contribution < 1.29 is 9.47 Å². The van der Waals surface area contributed by atoms with Crippen LogP contribution in [0.5, 0.6) is 11.5 Å². The second-order valence-electron chi connectivity index (χ2n) is 6.51. The van der Waals surface area contributed by atoms with Crippen molar-refractivity contribution in [2.24, 2.45) is 0 Å². The van der Waals surface area contributed by atoms with Crippen molar-refractivity contribution in [3.05, 3.63) is 66.2 Å². The van der Waals surface area contributed by atoms with Gasteiger partial charge in [-0.15, -0.1) is 18.3 Å². The van der Waals surface area contributed by atoms with Crippen molar-refractivity contribution in [1.29, 1.82) is 0 Å². The quantitative estimate of drug-likeness (QED) is 0.609. The van der Waals surface area contributed by atoms with Gasteiger partial charge in [-0.2, -0.15) is 0 Å². The highest BCUT2D eigenvalue weighted by Crippen LogP contribution is 2.54. The minimum absolute atomic E-state index is 0.104. The Balaban J connectivity index is 2.09. The first-order valence-corrected chi connectivity index (χ1v) is 9.73. The Morgan fingerprint density at radius 3 is 2.40 bits per heavy atom. The van der Waals surface area contributed by atoms with E-state index in [1.165, 1.54) is 16.0 Å². The summed E-state index contributed by atoms with van der Waals surface area (Å²) >= 11 is 1.94. The molecule has 132 valence electrons. The highest BCUT2D eigenvalue weighted by Gasteiger charge is 2.43. The SMILES string of the molecule is C=CC[C@@H]1c2ccc(OC)cc2SC[C@]1(CC)c1ccc(OC)cc1. The van der Waals surface area contributed by atoms with Crippen LogP contribution in [-0.4, -0.2) is 20.0 Å². The van der Waals surface area contributed by atoms with Crippen LogP contribution in [0.4, 0.5) is 0 Å². The first-order chi connectivity index (χ1) is 12.2. The van der Waals surface area contributed by atoms with Crippen molar-refractivity contribution in [3.63, 3.8) is 0 Å². The first-order valence-electron chi connectivity index (χ1n) is 8.74. The molecule has 0 fully saturated rings. The van der Waals surface area contributed by atoms with Crippen molar-refractivity contribution in [2.75, 3.05) is 20.0 Å². The van der Waals surface area contributed by atoms with Crippen LogP contribution in [0.25, 0.3) is 0 Å². The van der Waals surface area contributed by atoms with Gasteiger partial charge in [0.25, 0.3) is 0 Å². The monoisotopic (exact) mass is 354 g/mol. The fraction of sp³-hybridized carbons (Fsp3) is 0.364. The van der Waals surface area contributed by atoms with Gasteiger partial charge in [-0.25, -0.2) is 0 Å². The van der Waals surface area contributed by atoms with E-state index >= 15 is 0 Å². The zero-order valence-electron chi connectivity index (χ0n) is 15.2. The maximum Gasteiger partial charge on any atom is 0.119 e. The highest BCUT2D eigenvalue weighted by molar-refractivity contribution is 7.99. The molecule has 0 radical (unpaired) electrons. The maximum atomic E-state index is 5.42. The van der Waals surface area contributed by atoms with Crippen molar-refractivity contribution in [3.8, 4) is 11.5 Å². The van der Waals surface area contributed by atoms with Crippen LogP contribution >= 0.6 is 11.8 Å². The molecule has 0 N–H and O–H groups in total. The molecule has 0 unspecified atom stereocenters. The Morgan fingerprint density at radius 2 is 1.80 bits per heavy atom. The number of hydrogen-bond donors (Lipinski definition) is 0. The predicted octanol–water partition coefficient (Wildman–Crippen LogP) is 5.82. The molecule has 2 nitrogen and oxygen atoms in total. The van der Waals surface area contributed by atoms with E-state index in [0.29, 0.717) is 5.92 Å². The van der Waals surface area contributed by atoms with E-state index in [1.807, 2.05) is 11.8 Å². The van der Waals surface area contributed by atoms with Crippen LogP contribution in [0.1, 0.15) is 36.8 Å². The molecular formula is C22H26O2S. The van der Waals surface area contributed by atoms with Crippen molar-refractivity contribution in [1.82, 2.24) is 0 Å². The maximum absolute atomic E-state index is 5.42. The number of ether oxygens (including phenoxy) is 2. The van der Waals surface area contributed by atoms with E-state index in [0.717, 1.165) is 30.1 Å². The zero-order chi connectivity index (χ0) is 17.9. The van der Waals surface area contributed by atoms with Gasteiger partial charge in [0.15, 0.2) is 0 Å². The molecule has 2 aromatic rings. The second-order valence-corrected chi connectivity index (χ2v) is 7.52. The summed E-state index contributed by atoms with van der Waals surface area (Å²) in [6.45, 7) is 6.33. The Kier molecular flexibility index (Phi) is 5.43. The molecule has 0 aromatic heterocycles. The van der Waals surface area contributed by atoms with Gasteiger partial charge in [-0.3, -0.25) is 0 Å². The minimum atomic E-state index is 0.104. The molecule has 1 aliphatic heterocycles. The Hall–Kier alpha value is -1.87. The molecule has 1 aliphatic rings. The Morgan fingerprint density at radius 1 is 1.12 bits per heavy atom. The molecule has 0 bridgehead atoms. The summed E-state index contributed by atoms with van der Waals surface area (Å²) in [6.07, 6.45) is 4.12. The number of fused-ring (bicyclic) bond motifs is 1. The normalized spacial score (nSPS) is 22.1. The molecule has 1 heterocycles. The average molecular weight is 355 g/mol. The van der Waals surface area contributed by atoms with Crippen LogP contribution in [0.3, 0.4) is 0 Å². The van der Waals surface area contributed by atoms with Gasteiger partial charge in [0.1, 0.15) is 11.5 Å². The number of allylic oxidation sites excluding steroid dienone is 1. The van der Waals surface area contributed by atoms with Crippen LogP contribution in [0.2, 0.25) is 0 Å². The molecule has 0 saturated heterocycles. The number of thioether (sulfide) groups is 1. The Labute approximate surface area is 155 Å². The van der Waals surface area contributed by atoms with Crippen LogP contribution in [-0.2, 0) is 5.41 Å². The van der Waals surface area contributed by atoms with Gasteiger partial charge in [0.2, 0.25) is 0 Å². The van der Waals surface area contributed by atoms with E-state index in [-0.39, 0.29) is 5.41 Å². The lowest BCUT2D eigenvalue weighted by molar-refractivity contribution is 0.358. The number of hydrogen-bond acceptors (Lipinski definition) is 3. The fourth-order valence-electron chi connectivity index (χ4n) is 3.94. The first kappa shape index (κ1) is 17.9. The summed E-state index contributed by atoms with van der Waals surface area (Å²) in [7, 11) is 3.44.